The number of hydrogen-bond donors (Lipinski definition) is 1. The number of amides is 1. The Balaban J connectivity index is 1.60. The summed E-state index contributed by atoms with van der Waals surface area (Å²) >= 11 is 12.0. The lowest BCUT2D eigenvalue weighted by atomic mass is 9.90. The molecule has 1 atom stereocenters. The first-order valence-electron chi connectivity index (χ1n) is 8.20. The number of carboxylic acid groups (broad SMARTS) is 1. The maximum absolute atomic E-state index is 12.3. The van der Waals surface area contributed by atoms with Gasteiger partial charge in [0.25, 0.3) is 0 Å². The molecule has 8 heteroatoms. The van der Waals surface area contributed by atoms with E-state index in [-0.39, 0.29) is 18.9 Å². The lowest BCUT2D eigenvalue weighted by Crippen LogP contribution is -2.34. The number of likely N-dealkylation sites (tertiary alicyclic amines) is 1. The number of carbonyl (C=O) groups is 2. The van der Waals surface area contributed by atoms with Crippen LogP contribution >= 0.6 is 23.2 Å². The summed E-state index contributed by atoms with van der Waals surface area (Å²) in [6.07, 6.45) is 2.58. The molecule has 1 unspecified atom stereocenters. The van der Waals surface area contributed by atoms with Crippen LogP contribution < -0.4 is 0 Å². The average Bonchev–Trinajstić information content (AvgIpc) is 3.20. The van der Waals surface area contributed by atoms with Gasteiger partial charge in [0.05, 0.1) is 16.6 Å². The number of halogens is 2. The Morgan fingerprint density at radius 2 is 2.15 bits per heavy atom. The second kappa shape index (κ2) is 7.29. The summed E-state index contributed by atoms with van der Waals surface area (Å²) in [4.78, 5) is 29.4. The van der Waals surface area contributed by atoms with Crippen LogP contribution in [-0.4, -0.2) is 40.0 Å². The highest BCUT2D eigenvalue weighted by molar-refractivity contribution is 6.36. The van der Waals surface area contributed by atoms with Gasteiger partial charge in [-0.25, -0.2) is 4.98 Å². The summed E-state index contributed by atoms with van der Waals surface area (Å²) in [5, 5.41) is 10.2. The zero-order valence-electron chi connectivity index (χ0n) is 14.2. The molecule has 2 aromatic rings. The van der Waals surface area contributed by atoms with Crippen LogP contribution in [-0.2, 0) is 16.0 Å². The first-order valence-corrected chi connectivity index (χ1v) is 8.95. The molecule has 0 spiro atoms. The summed E-state index contributed by atoms with van der Waals surface area (Å²) in [6.45, 7) is 2.36. The fraction of sp³-hybridized carbons (Fsp3) is 0.389. The fourth-order valence-corrected chi connectivity index (χ4v) is 3.46. The molecule has 1 aliphatic rings. The molecule has 0 saturated carbocycles. The molecule has 0 aliphatic carbocycles. The van der Waals surface area contributed by atoms with Crippen molar-refractivity contribution in [3.63, 3.8) is 0 Å². The van der Waals surface area contributed by atoms with Gasteiger partial charge < -0.3 is 14.4 Å². The van der Waals surface area contributed by atoms with Crippen LogP contribution in [0.5, 0.6) is 0 Å². The lowest BCUT2D eigenvalue weighted by Gasteiger charge is -2.19. The van der Waals surface area contributed by atoms with Gasteiger partial charge in [0.2, 0.25) is 5.91 Å². The number of aliphatic carboxylic acids is 1. The van der Waals surface area contributed by atoms with Crippen molar-refractivity contribution in [2.75, 3.05) is 13.1 Å². The van der Waals surface area contributed by atoms with Gasteiger partial charge in [-0.2, -0.15) is 0 Å². The Bertz CT molecular complexity index is 851. The summed E-state index contributed by atoms with van der Waals surface area (Å²) in [5.41, 5.74) is -0.185. The standard InChI is InChI=1S/C18H18Cl2N2O4/c1-18(17(24)25)6-7-22(10-18)16(23)5-4-15-21-9-14(26-15)12-3-2-11(19)8-13(12)20/h2-3,8-9H,4-7,10H2,1H3,(H,24,25). The van der Waals surface area contributed by atoms with Gasteiger partial charge in [-0.3, -0.25) is 9.59 Å². The number of carbonyl (C=O) groups excluding carboxylic acids is 1. The van der Waals surface area contributed by atoms with Crippen molar-refractivity contribution in [1.82, 2.24) is 9.88 Å². The largest absolute Gasteiger partial charge is 0.481 e. The Morgan fingerprint density at radius 3 is 2.81 bits per heavy atom. The van der Waals surface area contributed by atoms with Crippen molar-refractivity contribution in [1.29, 1.82) is 0 Å². The average molecular weight is 397 g/mol. The summed E-state index contributed by atoms with van der Waals surface area (Å²) in [6, 6.07) is 5.08. The first kappa shape index (κ1) is 18.7. The minimum Gasteiger partial charge on any atom is -0.481 e. The van der Waals surface area contributed by atoms with Crippen LogP contribution in [0.2, 0.25) is 10.0 Å². The number of oxazole rings is 1. The SMILES string of the molecule is CC1(C(=O)O)CCN(C(=O)CCc2ncc(-c3ccc(Cl)cc3Cl)o2)C1. The van der Waals surface area contributed by atoms with Gasteiger partial charge in [0.15, 0.2) is 11.7 Å². The van der Waals surface area contributed by atoms with Crippen LogP contribution in [0, 0.1) is 5.41 Å². The number of hydrogen-bond acceptors (Lipinski definition) is 4. The minimum absolute atomic E-state index is 0.0979. The molecule has 26 heavy (non-hydrogen) atoms. The molecule has 1 aromatic carbocycles. The van der Waals surface area contributed by atoms with E-state index >= 15 is 0 Å². The highest BCUT2D eigenvalue weighted by atomic mass is 35.5. The van der Waals surface area contributed by atoms with E-state index < -0.39 is 11.4 Å². The van der Waals surface area contributed by atoms with Gasteiger partial charge in [-0.05, 0) is 31.5 Å². The quantitative estimate of drug-likeness (QED) is 0.827. The number of nitrogens with zero attached hydrogens (tertiary/aromatic N) is 2. The van der Waals surface area contributed by atoms with Gasteiger partial charge in [0, 0.05) is 36.5 Å². The molecule has 1 N–H and O–H groups in total. The molecule has 1 fully saturated rings. The van der Waals surface area contributed by atoms with Crippen molar-refractivity contribution in [2.45, 2.75) is 26.2 Å². The molecule has 3 rings (SSSR count). The molecular weight excluding hydrogens is 379 g/mol. The summed E-state index contributed by atoms with van der Waals surface area (Å²) < 4.78 is 5.68. The third kappa shape index (κ3) is 3.86. The number of aryl methyl sites for hydroxylation is 1. The molecule has 0 bridgehead atoms. The normalized spacial score (nSPS) is 19.7. The van der Waals surface area contributed by atoms with Crippen LogP contribution in [0.15, 0.2) is 28.8 Å². The fourth-order valence-electron chi connectivity index (χ4n) is 2.96. The van der Waals surface area contributed by atoms with E-state index in [0.717, 1.165) is 0 Å². The van der Waals surface area contributed by atoms with E-state index in [1.807, 2.05) is 0 Å². The zero-order chi connectivity index (χ0) is 18.9. The number of benzene rings is 1. The van der Waals surface area contributed by atoms with Crippen LogP contribution in [0.3, 0.4) is 0 Å². The van der Waals surface area contributed by atoms with Crippen LogP contribution in [0.4, 0.5) is 0 Å². The molecule has 0 radical (unpaired) electrons. The Labute approximate surface area is 160 Å². The van der Waals surface area contributed by atoms with Crippen LogP contribution in [0.25, 0.3) is 11.3 Å². The molecular formula is C18H18Cl2N2O4. The number of aromatic nitrogens is 1. The van der Waals surface area contributed by atoms with Gasteiger partial charge in [-0.1, -0.05) is 23.2 Å². The van der Waals surface area contributed by atoms with Crippen molar-refractivity contribution in [3.05, 3.63) is 40.3 Å². The van der Waals surface area contributed by atoms with Crippen molar-refractivity contribution in [3.8, 4) is 11.3 Å². The second-order valence-corrected chi connectivity index (χ2v) is 7.52. The van der Waals surface area contributed by atoms with Crippen molar-refractivity contribution >= 4 is 35.1 Å². The van der Waals surface area contributed by atoms with E-state index in [0.29, 0.717) is 46.6 Å². The van der Waals surface area contributed by atoms with Crippen molar-refractivity contribution in [2.24, 2.45) is 5.41 Å². The number of rotatable bonds is 5. The van der Waals surface area contributed by atoms with E-state index in [9.17, 15) is 14.7 Å². The minimum atomic E-state index is -0.870. The van der Waals surface area contributed by atoms with Gasteiger partial charge in [0.1, 0.15) is 0 Å². The smallest absolute Gasteiger partial charge is 0.311 e. The van der Waals surface area contributed by atoms with Gasteiger partial charge >= 0.3 is 5.97 Å². The van der Waals surface area contributed by atoms with E-state index in [4.69, 9.17) is 27.6 Å². The topological polar surface area (TPSA) is 83.6 Å². The lowest BCUT2D eigenvalue weighted by molar-refractivity contribution is -0.147. The second-order valence-electron chi connectivity index (χ2n) is 6.67. The molecule has 1 amide bonds. The molecule has 1 saturated heterocycles. The van der Waals surface area contributed by atoms with Crippen molar-refractivity contribution < 1.29 is 19.1 Å². The Hall–Kier alpha value is -2.05. The molecule has 1 aromatic heterocycles. The third-order valence-corrected chi connectivity index (χ3v) is 5.19. The monoisotopic (exact) mass is 396 g/mol. The van der Waals surface area contributed by atoms with E-state index in [2.05, 4.69) is 4.98 Å². The highest BCUT2D eigenvalue weighted by Crippen LogP contribution is 2.32. The number of carboxylic acids is 1. The molecule has 1 aliphatic heterocycles. The summed E-state index contributed by atoms with van der Waals surface area (Å²) in [7, 11) is 0. The molecule has 6 nitrogen and oxygen atoms in total. The van der Waals surface area contributed by atoms with Gasteiger partial charge in [-0.15, -0.1) is 0 Å². The summed E-state index contributed by atoms with van der Waals surface area (Å²) in [5.74, 6) is -0.0301. The maximum Gasteiger partial charge on any atom is 0.311 e. The maximum atomic E-state index is 12.3. The highest BCUT2D eigenvalue weighted by Gasteiger charge is 2.41. The third-order valence-electron chi connectivity index (χ3n) is 4.65. The Morgan fingerprint density at radius 1 is 1.38 bits per heavy atom. The van der Waals surface area contributed by atoms with E-state index in [1.165, 1.54) is 0 Å². The molecule has 2 heterocycles. The van der Waals surface area contributed by atoms with Crippen LogP contribution in [0.1, 0.15) is 25.7 Å². The predicted molar refractivity (Wildman–Crippen MR) is 97.2 cm³/mol. The Kier molecular flexibility index (Phi) is 5.25. The van der Waals surface area contributed by atoms with E-state index in [1.54, 1.807) is 36.2 Å². The zero-order valence-corrected chi connectivity index (χ0v) is 15.7. The predicted octanol–water partition coefficient (Wildman–Crippen LogP) is 3.90. The first-order chi connectivity index (χ1) is 12.3. The molecule has 138 valence electrons.